The molecule has 0 heterocycles. The van der Waals surface area contributed by atoms with Gasteiger partial charge in [0.2, 0.25) is 0 Å². The number of rotatable bonds is 5. The zero-order chi connectivity index (χ0) is 16.3. The van der Waals surface area contributed by atoms with Gasteiger partial charge in [-0.25, -0.2) is 12.8 Å². The molecule has 5 nitrogen and oxygen atoms in total. The average Bonchev–Trinajstić information content (AvgIpc) is 2.32. The first-order valence-electron chi connectivity index (χ1n) is 5.19. The Labute approximate surface area is 121 Å². The number of halogens is 5. The minimum atomic E-state index is -4.59. The summed E-state index contributed by atoms with van der Waals surface area (Å²) >= 11 is 0. The molecule has 0 bridgehead atoms. The highest BCUT2D eigenvalue weighted by Gasteiger charge is 2.28. The summed E-state index contributed by atoms with van der Waals surface area (Å²) in [6.07, 6.45) is -4.59. The van der Waals surface area contributed by atoms with E-state index in [1.54, 1.807) is 0 Å². The fourth-order valence-electron chi connectivity index (χ4n) is 1.18. The molecule has 0 saturated heterocycles. The van der Waals surface area contributed by atoms with Crippen molar-refractivity contribution in [1.82, 2.24) is 5.32 Å². The van der Waals surface area contributed by atoms with Crippen molar-refractivity contribution in [3.05, 3.63) is 24.0 Å². The first-order chi connectivity index (χ1) is 9.49. The second-order valence-corrected chi connectivity index (χ2v) is 6.24. The normalized spacial score (nSPS) is 12.0. The predicted octanol–water partition coefficient (Wildman–Crippen LogP) is 1.81. The number of nitrogens with one attached hydrogen (secondary N) is 1. The highest BCUT2D eigenvalue weighted by molar-refractivity contribution is 8.13. The number of amides is 1. The summed E-state index contributed by atoms with van der Waals surface area (Å²) < 4.78 is 75.6. The zero-order valence-electron chi connectivity index (χ0n) is 10.1. The average molecular weight is 350 g/mol. The summed E-state index contributed by atoms with van der Waals surface area (Å²) in [5.41, 5.74) is 0. The van der Waals surface area contributed by atoms with Gasteiger partial charge >= 0.3 is 6.18 Å². The van der Waals surface area contributed by atoms with Crippen LogP contribution in [-0.4, -0.2) is 33.7 Å². The van der Waals surface area contributed by atoms with Crippen molar-refractivity contribution in [1.29, 1.82) is 0 Å². The Hall–Kier alpha value is -1.55. The number of hydrogen-bond donors (Lipinski definition) is 1. The van der Waals surface area contributed by atoms with Crippen molar-refractivity contribution in [2.45, 2.75) is 11.1 Å². The highest BCUT2D eigenvalue weighted by Crippen LogP contribution is 2.27. The molecule has 0 aliphatic carbocycles. The smallest absolute Gasteiger partial charge is 0.405 e. The monoisotopic (exact) mass is 349 g/mol. The fraction of sp³-hybridized carbons (Fsp3) is 0.300. The summed E-state index contributed by atoms with van der Waals surface area (Å²) in [5.74, 6) is -2.49. The SMILES string of the molecule is O=C(COc1ccc(F)cc1S(=O)(=O)Cl)NCC(F)(F)F. The van der Waals surface area contributed by atoms with E-state index in [1.807, 2.05) is 0 Å². The van der Waals surface area contributed by atoms with Crippen LogP contribution in [0.2, 0.25) is 0 Å². The number of carbonyl (C=O) groups excluding carboxylic acids is 1. The number of alkyl halides is 3. The van der Waals surface area contributed by atoms with Gasteiger partial charge in [0.25, 0.3) is 15.0 Å². The van der Waals surface area contributed by atoms with Crippen LogP contribution in [0, 0.1) is 5.82 Å². The van der Waals surface area contributed by atoms with E-state index in [4.69, 9.17) is 15.4 Å². The third-order valence-corrected chi connectivity index (χ3v) is 3.36. The molecule has 0 aliphatic heterocycles. The van der Waals surface area contributed by atoms with Crippen LogP contribution in [0.25, 0.3) is 0 Å². The van der Waals surface area contributed by atoms with Gasteiger partial charge in [-0.1, -0.05) is 0 Å². The second kappa shape index (κ2) is 6.48. The van der Waals surface area contributed by atoms with Gasteiger partial charge in [-0.15, -0.1) is 0 Å². The molecule has 1 rings (SSSR count). The fourth-order valence-corrected chi connectivity index (χ4v) is 2.17. The molecule has 1 N–H and O–H groups in total. The maximum absolute atomic E-state index is 12.9. The van der Waals surface area contributed by atoms with Gasteiger partial charge in [0, 0.05) is 10.7 Å². The number of ether oxygens (including phenoxy) is 1. The lowest BCUT2D eigenvalue weighted by atomic mass is 10.3. The largest absolute Gasteiger partial charge is 0.482 e. The van der Waals surface area contributed by atoms with E-state index in [2.05, 4.69) is 0 Å². The topological polar surface area (TPSA) is 72.5 Å². The summed E-state index contributed by atoms with van der Waals surface area (Å²) in [4.78, 5) is 10.4. The Balaban J connectivity index is 2.74. The number of hydrogen-bond acceptors (Lipinski definition) is 4. The molecular weight excluding hydrogens is 342 g/mol. The Bertz CT molecular complexity index is 632. The van der Waals surface area contributed by atoms with Crippen LogP contribution in [0.1, 0.15) is 0 Å². The van der Waals surface area contributed by atoms with Crippen molar-refractivity contribution in [2.24, 2.45) is 0 Å². The van der Waals surface area contributed by atoms with E-state index in [1.165, 1.54) is 5.32 Å². The van der Waals surface area contributed by atoms with Gasteiger partial charge in [-0.2, -0.15) is 13.2 Å². The minimum Gasteiger partial charge on any atom is -0.482 e. The summed E-state index contributed by atoms with van der Waals surface area (Å²) in [5, 5.41) is 1.52. The van der Waals surface area contributed by atoms with Gasteiger partial charge in [0.1, 0.15) is 23.0 Å². The van der Waals surface area contributed by atoms with Crippen molar-refractivity contribution in [3.8, 4) is 5.75 Å². The third kappa shape index (κ3) is 6.17. The standard InChI is InChI=1S/C10H8ClF4NO4S/c11-21(18,19)8-3-6(12)1-2-7(8)20-4-9(17)16-5-10(13,14)15/h1-3H,4-5H2,(H,16,17). The summed E-state index contributed by atoms with van der Waals surface area (Å²) in [6.45, 7) is -2.44. The highest BCUT2D eigenvalue weighted by atomic mass is 35.7. The van der Waals surface area contributed by atoms with Crippen molar-refractivity contribution in [2.75, 3.05) is 13.2 Å². The lowest BCUT2D eigenvalue weighted by Crippen LogP contribution is -2.36. The van der Waals surface area contributed by atoms with Crippen LogP contribution in [0.5, 0.6) is 5.75 Å². The van der Waals surface area contributed by atoms with Crippen molar-refractivity contribution in [3.63, 3.8) is 0 Å². The molecule has 21 heavy (non-hydrogen) atoms. The molecule has 0 atom stereocenters. The Morgan fingerprint density at radius 3 is 2.48 bits per heavy atom. The molecule has 0 saturated carbocycles. The van der Waals surface area contributed by atoms with Gasteiger partial charge in [-0.3, -0.25) is 4.79 Å². The van der Waals surface area contributed by atoms with Crippen molar-refractivity contribution < 1.29 is 35.5 Å². The van der Waals surface area contributed by atoms with Crippen LogP contribution >= 0.6 is 10.7 Å². The molecule has 0 radical (unpaired) electrons. The molecule has 0 aliphatic rings. The molecular formula is C10H8ClF4NO4S. The summed E-state index contributed by atoms with van der Waals surface area (Å²) in [6, 6.07) is 2.29. The zero-order valence-corrected chi connectivity index (χ0v) is 11.6. The molecule has 0 spiro atoms. The molecule has 1 amide bonds. The molecule has 11 heteroatoms. The Morgan fingerprint density at radius 1 is 1.33 bits per heavy atom. The quantitative estimate of drug-likeness (QED) is 0.650. The third-order valence-electron chi connectivity index (χ3n) is 2.01. The lowest BCUT2D eigenvalue weighted by molar-refractivity contribution is -0.139. The van der Waals surface area contributed by atoms with Crippen LogP contribution in [0.3, 0.4) is 0 Å². The number of carbonyl (C=O) groups is 1. The minimum absolute atomic E-state index is 0.450. The van der Waals surface area contributed by atoms with E-state index in [9.17, 15) is 30.8 Å². The van der Waals surface area contributed by atoms with E-state index < -0.39 is 50.7 Å². The van der Waals surface area contributed by atoms with Crippen LogP contribution < -0.4 is 10.1 Å². The van der Waals surface area contributed by atoms with Crippen molar-refractivity contribution >= 4 is 25.6 Å². The van der Waals surface area contributed by atoms with Gasteiger partial charge < -0.3 is 10.1 Å². The maximum atomic E-state index is 12.9. The van der Waals surface area contributed by atoms with Gasteiger partial charge in [0.05, 0.1) is 0 Å². The molecule has 118 valence electrons. The maximum Gasteiger partial charge on any atom is 0.405 e. The number of benzene rings is 1. The van der Waals surface area contributed by atoms with Gasteiger partial charge in [0.15, 0.2) is 6.61 Å². The first kappa shape index (κ1) is 17.5. The van der Waals surface area contributed by atoms with E-state index in [0.29, 0.717) is 6.07 Å². The molecule has 0 aromatic heterocycles. The molecule has 0 fully saturated rings. The molecule has 1 aromatic carbocycles. The second-order valence-electron chi connectivity index (χ2n) is 3.71. The Morgan fingerprint density at radius 2 is 1.95 bits per heavy atom. The summed E-state index contributed by atoms with van der Waals surface area (Å²) in [7, 11) is 0.704. The van der Waals surface area contributed by atoms with E-state index in [-0.39, 0.29) is 0 Å². The molecule has 1 aromatic rings. The predicted molar refractivity (Wildman–Crippen MR) is 64.0 cm³/mol. The van der Waals surface area contributed by atoms with Gasteiger partial charge in [-0.05, 0) is 18.2 Å². The van der Waals surface area contributed by atoms with Crippen LogP contribution in [0.4, 0.5) is 17.6 Å². The van der Waals surface area contributed by atoms with Crippen LogP contribution in [-0.2, 0) is 13.8 Å². The first-order valence-corrected chi connectivity index (χ1v) is 7.50. The van der Waals surface area contributed by atoms with E-state index >= 15 is 0 Å². The molecule has 0 unspecified atom stereocenters. The van der Waals surface area contributed by atoms with E-state index in [0.717, 1.165) is 12.1 Å². The lowest BCUT2D eigenvalue weighted by Gasteiger charge is -2.11. The van der Waals surface area contributed by atoms with Crippen LogP contribution in [0.15, 0.2) is 23.1 Å². The Kier molecular flexibility index (Phi) is 5.40.